The number of halogens is 1. The number of aliphatic hydroxyl groups excluding tert-OH is 1. The van der Waals surface area contributed by atoms with Crippen LogP contribution in [0, 0.1) is 5.41 Å². The quantitative estimate of drug-likeness (QED) is 0.900. The highest BCUT2D eigenvalue weighted by Crippen LogP contribution is 2.35. The number of benzene rings is 1. The lowest BCUT2D eigenvalue weighted by atomic mass is 9.76. The van der Waals surface area contributed by atoms with Gasteiger partial charge in [0.05, 0.1) is 6.61 Å². The van der Waals surface area contributed by atoms with Gasteiger partial charge >= 0.3 is 0 Å². The van der Waals surface area contributed by atoms with Crippen LogP contribution in [-0.2, 0) is 6.42 Å². The van der Waals surface area contributed by atoms with Gasteiger partial charge in [-0.25, -0.2) is 4.98 Å². The Bertz CT molecular complexity index is 681. The molecule has 1 aromatic carbocycles. The third-order valence-electron chi connectivity index (χ3n) is 4.41. The molecule has 6 heteroatoms. The van der Waals surface area contributed by atoms with Gasteiger partial charge in [-0.15, -0.1) is 0 Å². The highest BCUT2D eigenvalue weighted by Gasteiger charge is 2.36. The molecule has 1 aliphatic rings. The largest absolute Gasteiger partial charge is 0.396 e. The molecular formula is C17H21ClN4O. The molecule has 122 valence electrons. The molecule has 1 atom stereocenters. The average molecular weight is 333 g/mol. The van der Waals surface area contributed by atoms with Crippen LogP contribution in [0.15, 0.2) is 36.5 Å². The highest BCUT2D eigenvalue weighted by atomic mass is 35.5. The van der Waals surface area contributed by atoms with Crippen LogP contribution in [0.5, 0.6) is 0 Å². The second-order valence-corrected chi connectivity index (χ2v) is 6.71. The second kappa shape index (κ2) is 6.72. The SMILES string of the molecule is Nc1ccnc(N2CCCC(CO)(Cc3cccc(Cl)c3)C2)n1. The molecule has 5 nitrogen and oxygen atoms in total. The van der Waals surface area contributed by atoms with Gasteiger partial charge in [-0.05, 0) is 43.0 Å². The molecule has 1 unspecified atom stereocenters. The van der Waals surface area contributed by atoms with Crippen LogP contribution in [0.3, 0.4) is 0 Å². The molecule has 0 spiro atoms. The Morgan fingerprint density at radius 3 is 2.96 bits per heavy atom. The fourth-order valence-corrected chi connectivity index (χ4v) is 3.51. The Kier molecular flexibility index (Phi) is 4.68. The minimum absolute atomic E-state index is 0.123. The lowest BCUT2D eigenvalue weighted by molar-refractivity contribution is 0.105. The molecule has 3 N–H and O–H groups in total. The number of aliphatic hydroxyl groups is 1. The van der Waals surface area contributed by atoms with Crippen molar-refractivity contribution in [2.75, 3.05) is 30.3 Å². The first-order valence-corrected chi connectivity index (χ1v) is 8.17. The minimum atomic E-state index is -0.211. The van der Waals surface area contributed by atoms with Gasteiger partial charge in [-0.1, -0.05) is 23.7 Å². The monoisotopic (exact) mass is 332 g/mol. The van der Waals surface area contributed by atoms with Crippen LogP contribution in [0.2, 0.25) is 5.02 Å². The van der Waals surface area contributed by atoms with Crippen molar-refractivity contribution < 1.29 is 5.11 Å². The highest BCUT2D eigenvalue weighted by molar-refractivity contribution is 6.30. The zero-order chi connectivity index (χ0) is 16.3. The van der Waals surface area contributed by atoms with E-state index in [4.69, 9.17) is 17.3 Å². The van der Waals surface area contributed by atoms with Crippen LogP contribution in [-0.4, -0.2) is 34.8 Å². The standard InChI is InChI=1S/C17H21ClN4O/c18-14-4-1-3-13(9-14)10-17(12-23)6-2-8-22(11-17)16-20-7-5-15(19)21-16/h1,3-5,7,9,23H,2,6,8,10-12H2,(H2,19,20,21). The Labute approximate surface area is 141 Å². The summed E-state index contributed by atoms with van der Waals surface area (Å²) in [5, 5.41) is 10.8. The zero-order valence-corrected chi connectivity index (χ0v) is 13.7. The number of piperidine rings is 1. The van der Waals surface area contributed by atoms with E-state index in [9.17, 15) is 5.11 Å². The number of nitrogens with two attached hydrogens (primary N) is 1. The molecule has 1 fully saturated rings. The topological polar surface area (TPSA) is 75.3 Å². The van der Waals surface area contributed by atoms with E-state index in [1.54, 1.807) is 12.3 Å². The minimum Gasteiger partial charge on any atom is -0.396 e. The summed E-state index contributed by atoms with van der Waals surface area (Å²) in [5.41, 5.74) is 6.69. The first kappa shape index (κ1) is 16.0. The van der Waals surface area contributed by atoms with Crippen molar-refractivity contribution in [2.45, 2.75) is 19.3 Å². The molecule has 2 aromatic rings. The molecule has 0 saturated carbocycles. The van der Waals surface area contributed by atoms with Crippen molar-refractivity contribution in [3.63, 3.8) is 0 Å². The molecule has 0 amide bonds. The maximum atomic E-state index is 10.1. The van der Waals surface area contributed by atoms with Crippen molar-refractivity contribution in [3.8, 4) is 0 Å². The molecule has 0 radical (unpaired) electrons. The normalized spacial score (nSPS) is 21.4. The van der Waals surface area contributed by atoms with E-state index in [-0.39, 0.29) is 12.0 Å². The van der Waals surface area contributed by atoms with Crippen LogP contribution >= 0.6 is 11.6 Å². The van der Waals surface area contributed by atoms with Gasteiger partial charge in [0.1, 0.15) is 5.82 Å². The molecule has 3 rings (SSSR count). The molecule has 1 saturated heterocycles. The molecule has 1 aliphatic heterocycles. The van der Waals surface area contributed by atoms with E-state index in [0.717, 1.165) is 36.4 Å². The third kappa shape index (κ3) is 3.74. The van der Waals surface area contributed by atoms with Crippen molar-refractivity contribution in [3.05, 3.63) is 47.1 Å². The summed E-state index contributed by atoms with van der Waals surface area (Å²) in [4.78, 5) is 10.7. The van der Waals surface area contributed by atoms with E-state index < -0.39 is 0 Å². The Hall–Kier alpha value is -1.85. The fraction of sp³-hybridized carbons (Fsp3) is 0.412. The Morgan fingerprint density at radius 1 is 1.35 bits per heavy atom. The van der Waals surface area contributed by atoms with Crippen molar-refractivity contribution in [1.82, 2.24) is 9.97 Å². The summed E-state index contributed by atoms with van der Waals surface area (Å²) in [6, 6.07) is 9.52. The maximum absolute atomic E-state index is 10.1. The number of nitrogens with zero attached hydrogens (tertiary/aromatic N) is 3. The fourth-order valence-electron chi connectivity index (χ4n) is 3.30. The van der Waals surface area contributed by atoms with E-state index in [1.165, 1.54) is 0 Å². The number of aromatic nitrogens is 2. The summed E-state index contributed by atoms with van der Waals surface area (Å²) < 4.78 is 0. The van der Waals surface area contributed by atoms with Gasteiger partial charge in [-0.3, -0.25) is 0 Å². The summed E-state index contributed by atoms with van der Waals surface area (Å²) >= 11 is 6.09. The van der Waals surface area contributed by atoms with Crippen LogP contribution in [0.1, 0.15) is 18.4 Å². The van der Waals surface area contributed by atoms with E-state index in [2.05, 4.69) is 20.9 Å². The summed E-state index contributed by atoms with van der Waals surface area (Å²) in [7, 11) is 0. The van der Waals surface area contributed by atoms with Gasteiger partial charge in [0.2, 0.25) is 5.95 Å². The molecule has 1 aromatic heterocycles. The van der Waals surface area contributed by atoms with E-state index in [1.807, 2.05) is 18.2 Å². The Morgan fingerprint density at radius 2 is 2.22 bits per heavy atom. The number of anilines is 2. The maximum Gasteiger partial charge on any atom is 0.227 e. The number of hydrogen-bond donors (Lipinski definition) is 2. The molecular weight excluding hydrogens is 312 g/mol. The number of hydrogen-bond acceptors (Lipinski definition) is 5. The average Bonchev–Trinajstić information content (AvgIpc) is 2.55. The van der Waals surface area contributed by atoms with E-state index >= 15 is 0 Å². The van der Waals surface area contributed by atoms with E-state index in [0.29, 0.717) is 18.3 Å². The van der Waals surface area contributed by atoms with Crippen molar-refractivity contribution >= 4 is 23.4 Å². The van der Waals surface area contributed by atoms with Crippen LogP contribution < -0.4 is 10.6 Å². The molecule has 0 aliphatic carbocycles. The third-order valence-corrected chi connectivity index (χ3v) is 4.65. The number of rotatable bonds is 4. The summed E-state index contributed by atoms with van der Waals surface area (Å²) in [6.07, 6.45) is 4.40. The molecule has 23 heavy (non-hydrogen) atoms. The first-order chi connectivity index (χ1) is 11.1. The number of nitrogen functional groups attached to an aromatic ring is 1. The van der Waals surface area contributed by atoms with Crippen molar-refractivity contribution in [2.24, 2.45) is 5.41 Å². The van der Waals surface area contributed by atoms with Crippen molar-refractivity contribution in [1.29, 1.82) is 0 Å². The zero-order valence-electron chi connectivity index (χ0n) is 13.0. The molecule has 2 heterocycles. The predicted molar refractivity (Wildman–Crippen MR) is 92.6 cm³/mol. The summed E-state index contributed by atoms with van der Waals surface area (Å²) in [6.45, 7) is 1.71. The van der Waals surface area contributed by atoms with Gasteiger partial charge in [0.15, 0.2) is 0 Å². The lowest BCUT2D eigenvalue weighted by Crippen LogP contribution is -2.47. The first-order valence-electron chi connectivity index (χ1n) is 7.79. The predicted octanol–water partition coefficient (Wildman–Crippen LogP) is 2.53. The van der Waals surface area contributed by atoms with Gasteiger partial charge < -0.3 is 15.7 Å². The van der Waals surface area contributed by atoms with Gasteiger partial charge in [0.25, 0.3) is 0 Å². The van der Waals surface area contributed by atoms with Crippen LogP contribution in [0.4, 0.5) is 11.8 Å². The summed E-state index contributed by atoms with van der Waals surface area (Å²) in [5.74, 6) is 1.10. The Balaban J connectivity index is 1.81. The van der Waals surface area contributed by atoms with Crippen LogP contribution in [0.25, 0.3) is 0 Å². The molecule has 0 bridgehead atoms. The van der Waals surface area contributed by atoms with Gasteiger partial charge in [0, 0.05) is 29.7 Å². The lowest BCUT2D eigenvalue weighted by Gasteiger charge is -2.42. The smallest absolute Gasteiger partial charge is 0.227 e. The van der Waals surface area contributed by atoms with Gasteiger partial charge in [-0.2, -0.15) is 4.98 Å². The second-order valence-electron chi connectivity index (χ2n) is 6.27.